The molecular weight excluding hydrogens is 420 g/mol. The minimum absolute atomic E-state index is 0.0658. The number of rotatable bonds is 6. The second-order valence-corrected chi connectivity index (χ2v) is 7.66. The molecule has 8 nitrogen and oxygen atoms in total. The van der Waals surface area contributed by atoms with Crippen LogP contribution in [0.3, 0.4) is 0 Å². The molecule has 0 bridgehead atoms. The molecule has 3 aromatic carbocycles. The fraction of sp³-hybridized carbons (Fsp3) is 0.120. The number of nitrogens with zero attached hydrogens (tertiary/aromatic N) is 4. The van der Waals surface area contributed by atoms with E-state index in [0.717, 1.165) is 22.3 Å². The minimum atomic E-state index is -1.04. The third-order valence-corrected chi connectivity index (χ3v) is 5.74. The van der Waals surface area contributed by atoms with Crippen molar-refractivity contribution in [3.8, 4) is 11.1 Å². The summed E-state index contributed by atoms with van der Waals surface area (Å²) in [5.74, 6) is -1.10. The monoisotopic (exact) mass is 440 g/mol. The van der Waals surface area contributed by atoms with Crippen molar-refractivity contribution in [3.63, 3.8) is 0 Å². The molecule has 1 amide bonds. The van der Waals surface area contributed by atoms with Crippen LogP contribution in [0.25, 0.3) is 11.1 Å². The zero-order chi connectivity index (χ0) is 22.8. The number of hydrogen-bond acceptors (Lipinski definition) is 5. The predicted octanol–water partition coefficient (Wildman–Crippen LogP) is 4.39. The Morgan fingerprint density at radius 3 is 2.15 bits per heavy atom. The Morgan fingerprint density at radius 1 is 0.939 bits per heavy atom. The number of fused-ring (bicyclic) bond motifs is 3. The summed E-state index contributed by atoms with van der Waals surface area (Å²) in [7, 11) is 0. The summed E-state index contributed by atoms with van der Waals surface area (Å²) in [6, 6.07) is 22.3. The van der Waals surface area contributed by atoms with Gasteiger partial charge in [0.25, 0.3) is 0 Å². The lowest BCUT2D eigenvalue weighted by atomic mass is 9.98. The predicted molar refractivity (Wildman–Crippen MR) is 121 cm³/mol. The Bertz CT molecular complexity index is 1260. The van der Waals surface area contributed by atoms with Crippen LogP contribution in [0.5, 0.6) is 0 Å². The van der Waals surface area contributed by atoms with Gasteiger partial charge in [0.1, 0.15) is 25.9 Å². The lowest BCUT2D eigenvalue weighted by Crippen LogP contribution is -2.34. The number of carbonyl (C=O) groups is 2. The van der Waals surface area contributed by atoms with Gasteiger partial charge in [-0.1, -0.05) is 48.5 Å². The maximum absolute atomic E-state index is 13.2. The Kier molecular flexibility index (Phi) is 5.32. The number of carboxylic acids is 1. The minimum Gasteiger partial charge on any atom is -0.478 e. The molecule has 8 heteroatoms. The van der Waals surface area contributed by atoms with E-state index in [-0.39, 0.29) is 24.8 Å². The first kappa shape index (κ1) is 20.4. The van der Waals surface area contributed by atoms with Gasteiger partial charge < -0.3 is 9.84 Å². The van der Waals surface area contributed by atoms with Crippen LogP contribution in [0.1, 0.15) is 27.4 Å². The summed E-state index contributed by atoms with van der Waals surface area (Å²) in [4.78, 5) is 29.7. The number of ether oxygens (including phenoxy) is 1. The van der Waals surface area contributed by atoms with E-state index in [2.05, 4.69) is 34.3 Å². The zero-order valence-electron chi connectivity index (χ0n) is 17.5. The normalized spacial score (nSPS) is 12.1. The van der Waals surface area contributed by atoms with Crippen LogP contribution in [0.4, 0.5) is 10.5 Å². The molecule has 1 aliphatic rings. The zero-order valence-corrected chi connectivity index (χ0v) is 17.5. The largest absolute Gasteiger partial charge is 0.478 e. The number of hydrogen-bond donors (Lipinski definition) is 1. The molecular formula is C25H20N4O4. The fourth-order valence-corrected chi connectivity index (χ4v) is 4.15. The topological polar surface area (TPSA) is 97.5 Å². The molecule has 5 rings (SSSR count). The van der Waals surface area contributed by atoms with E-state index in [1.54, 1.807) is 12.1 Å². The van der Waals surface area contributed by atoms with Gasteiger partial charge in [-0.15, -0.1) is 0 Å². The Hall–Kier alpha value is -4.46. The molecule has 1 aromatic heterocycles. The Balaban J connectivity index is 1.39. The number of carbonyl (C=O) groups excluding carboxylic acids is 1. The number of amides is 1. The van der Waals surface area contributed by atoms with Crippen LogP contribution in [-0.4, -0.2) is 38.5 Å². The lowest BCUT2D eigenvalue weighted by molar-refractivity contribution is 0.0697. The first-order valence-electron chi connectivity index (χ1n) is 10.4. The molecule has 0 unspecified atom stereocenters. The first-order valence-corrected chi connectivity index (χ1v) is 10.4. The highest BCUT2D eigenvalue weighted by Gasteiger charge is 2.30. The van der Waals surface area contributed by atoms with Crippen LogP contribution < -0.4 is 4.90 Å². The lowest BCUT2D eigenvalue weighted by Gasteiger charge is -2.23. The van der Waals surface area contributed by atoms with Crippen molar-refractivity contribution in [1.29, 1.82) is 0 Å². The van der Waals surface area contributed by atoms with Gasteiger partial charge in [0.2, 0.25) is 0 Å². The van der Waals surface area contributed by atoms with Crippen LogP contribution in [-0.2, 0) is 11.4 Å². The van der Waals surface area contributed by atoms with Crippen molar-refractivity contribution in [2.75, 3.05) is 11.5 Å². The second kappa shape index (κ2) is 8.58. The highest BCUT2D eigenvalue weighted by molar-refractivity contribution is 5.90. The van der Waals surface area contributed by atoms with Gasteiger partial charge in [0.05, 0.1) is 5.56 Å². The first-order chi connectivity index (χ1) is 16.1. The smallest absolute Gasteiger partial charge is 0.415 e. The van der Waals surface area contributed by atoms with E-state index in [0.29, 0.717) is 5.69 Å². The molecule has 0 fully saturated rings. The van der Waals surface area contributed by atoms with E-state index in [1.807, 2.05) is 24.3 Å². The molecule has 0 aliphatic heterocycles. The van der Waals surface area contributed by atoms with Crippen molar-refractivity contribution < 1.29 is 19.4 Å². The molecule has 1 N–H and O–H groups in total. The van der Waals surface area contributed by atoms with Crippen LogP contribution in [0, 0.1) is 0 Å². The van der Waals surface area contributed by atoms with E-state index in [1.165, 1.54) is 34.4 Å². The third kappa shape index (κ3) is 3.94. The quantitative estimate of drug-likeness (QED) is 0.478. The van der Waals surface area contributed by atoms with E-state index in [9.17, 15) is 9.59 Å². The molecule has 164 valence electrons. The highest BCUT2D eigenvalue weighted by Crippen LogP contribution is 2.44. The second-order valence-electron chi connectivity index (χ2n) is 7.66. The average molecular weight is 440 g/mol. The number of aromatic carboxylic acids is 1. The Morgan fingerprint density at radius 2 is 1.58 bits per heavy atom. The van der Waals surface area contributed by atoms with Crippen molar-refractivity contribution in [1.82, 2.24) is 14.8 Å². The molecule has 0 radical (unpaired) electrons. The van der Waals surface area contributed by atoms with Crippen LogP contribution >= 0.6 is 0 Å². The van der Waals surface area contributed by atoms with Crippen molar-refractivity contribution in [3.05, 3.63) is 102 Å². The van der Waals surface area contributed by atoms with Gasteiger partial charge >= 0.3 is 12.1 Å². The van der Waals surface area contributed by atoms with Crippen molar-refractivity contribution in [2.24, 2.45) is 0 Å². The SMILES string of the molecule is O=C(O)c1ccc(N(Cn2cncn2)C(=O)OCC2c3ccccc3-c3ccccc32)cc1. The number of carboxylic acid groups (broad SMARTS) is 1. The van der Waals surface area contributed by atoms with E-state index in [4.69, 9.17) is 9.84 Å². The summed E-state index contributed by atoms with van der Waals surface area (Å²) in [5.41, 5.74) is 5.18. The van der Waals surface area contributed by atoms with Gasteiger partial charge in [-0.3, -0.25) is 4.90 Å². The maximum Gasteiger partial charge on any atom is 0.415 e. The van der Waals surface area contributed by atoms with E-state index < -0.39 is 12.1 Å². The molecule has 33 heavy (non-hydrogen) atoms. The summed E-state index contributed by atoms with van der Waals surface area (Å²) in [6.45, 7) is 0.247. The van der Waals surface area contributed by atoms with E-state index >= 15 is 0 Å². The third-order valence-electron chi connectivity index (χ3n) is 5.74. The van der Waals surface area contributed by atoms with Gasteiger partial charge in [0, 0.05) is 11.6 Å². The fourth-order valence-electron chi connectivity index (χ4n) is 4.15. The van der Waals surface area contributed by atoms with Crippen molar-refractivity contribution >= 4 is 17.7 Å². The van der Waals surface area contributed by atoms with Crippen LogP contribution in [0.2, 0.25) is 0 Å². The van der Waals surface area contributed by atoms with Crippen LogP contribution in [0.15, 0.2) is 85.5 Å². The molecule has 4 aromatic rings. The molecule has 0 saturated carbocycles. The van der Waals surface area contributed by atoms with Gasteiger partial charge in [-0.25, -0.2) is 19.3 Å². The molecule has 0 atom stereocenters. The number of benzene rings is 3. The molecule has 0 spiro atoms. The highest BCUT2D eigenvalue weighted by atomic mass is 16.6. The molecule has 1 aliphatic carbocycles. The average Bonchev–Trinajstić information content (AvgIpc) is 3.47. The Labute approximate surface area is 189 Å². The number of aromatic nitrogens is 3. The van der Waals surface area contributed by atoms with Gasteiger partial charge in [0.15, 0.2) is 0 Å². The van der Waals surface area contributed by atoms with Gasteiger partial charge in [-0.2, -0.15) is 5.10 Å². The molecule has 1 heterocycles. The summed E-state index contributed by atoms with van der Waals surface area (Å²) in [5, 5.41) is 13.2. The van der Waals surface area contributed by atoms with Gasteiger partial charge in [-0.05, 0) is 46.5 Å². The summed E-state index contributed by atoms with van der Waals surface area (Å²) < 4.78 is 7.28. The standard InChI is InChI=1S/C25H20N4O4/c30-24(31)17-9-11-18(12-10-17)29(16-28-15-26-14-27-28)25(32)33-13-23-21-7-3-1-5-19(21)20-6-2-4-8-22(20)23/h1-12,14-15,23H,13,16H2,(H,30,31). The number of anilines is 1. The molecule has 0 saturated heterocycles. The van der Waals surface area contributed by atoms with Crippen molar-refractivity contribution in [2.45, 2.75) is 12.6 Å². The summed E-state index contributed by atoms with van der Waals surface area (Å²) >= 11 is 0. The maximum atomic E-state index is 13.2. The summed E-state index contributed by atoms with van der Waals surface area (Å²) in [6.07, 6.45) is 2.31.